The minimum Gasteiger partial charge on any atom is -0.383 e. The molecular formula is C13H20N4O2. The molecule has 104 valence electrons. The lowest BCUT2D eigenvalue weighted by molar-refractivity contribution is 0.151. The van der Waals surface area contributed by atoms with Crippen LogP contribution >= 0.6 is 0 Å². The minimum absolute atomic E-state index is 0.00868. The van der Waals surface area contributed by atoms with Crippen LogP contribution in [-0.2, 0) is 18.2 Å². The highest BCUT2D eigenvalue weighted by Crippen LogP contribution is 2.14. The van der Waals surface area contributed by atoms with Crippen LogP contribution in [0.1, 0.15) is 32.0 Å². The number of aryl methyl sites for hydroxylation is 2. The molecule has 2 aromatic rings. The van der Waals surface area contributed by atoms with Gasteiger partial charge in [-0.15, -0.1) is 0 Å². The molecule has 0 fully saturated rings. The average Bonchev–Trinajstić information content (AvgIpc) is 2.74. The maximum atomic E-state index is 12.6. The van der Waals surface area contributed by atoms with E-state index in [4.69, 9.17) is 4.74 Å². The lowest BCUT2D eigenvalue weighted by atomic mass is 10.2. The monoisotopic (exact) mass is 264 g/mol. The molecule has 0 aromatic carbocycles. The van der Waals surface area contributed by atoms with Crippen molar-refractivity contribution in [3.8, 4) is 0 Å². The van der Waals surface area contributed by atoms with E-state index in [-0.39, 0.29) is 11.6 Å². The SMILES string of the molecule is CCc1nn(C)c2c(=O)n([C@@H](CC)COC)cnc12. The number of rotatable bonds is 5. The fourth-order valence-electron chi connectivity index (χ4n) is 2.32. The van der Waals surface area contributed by atoms with Gasteiger partial charge in [-0.25, -0.2) is 4.98 Å². The van der Waals surface area contributed by atoms with Gasteiger partial charge in [0.25, 0.3) is 5.56 Å². The molecule has 2 aromatic heterocycles. The van der Waals surface area contributed by atoms with E-state index in [1.54, 1.807) is 29.7 Å². The Morgan fingerprint density at radius 3 is 2.74 bits per heavy atom. The second-order valence-electron chi connectivity index (χ2n) is 4.60. The molecule has 2 rings (SSSR count). The maximum Gasteiger partial charge on any atom is 0.279 e. The molecular weight excluding hydrogens is 244 g/mol. The largest absolute Gasteiger partial charge is 0.383 e. The zero-order chi connectivity index (χ0) is 14.0. The van der Waals surface area contributed by atoms with Crippen LogP contribution in [0.15, 0.2) is 11.1 Å². The van der Waals surface area contributed by atoms with Crippen LogP contribution in [0.5, 0.6) is 0 Å². The second-order valence-corrected chi connectivity index (χ2v) is 4.60. The van der Waals surface area contributed by atoms with E-state index in [1.165, 1.54) is 0 Å². The number of hydrogen-bond acceptors (Lipinski definition) is 4. The van der Waals surface area contributed by atoms with Crippen molar-refractivity contribution >= 4 is 11.0 Å². The number of methoxy groups -OCH3 is 1. The molecule has 0 spiro atoms. The van der Waals surface area contributed by atoms with E-state index < -0.39 is 0 Å². The first-order valence-electron chi connectivity index (χ1n) is 6.55. The van der Waals surface area contributed by atoms with E-state index in [0.717, 1.165) is 18.5 Å². The molecule has 0 saturated heterocycles. The number of ether oxygens (including phenoxy) is 1. The van der Waals surface area contributed by atoms with Crippen molar-refractivity contribution in [1.29, 1.82) is 0 Å². The number of aromatic nitrogens is 4. The summed E-state index contributed by atoms with van der Waals surface area (Å²) in [5.74, 6) is 0. The van der Waals surface area contributed by atoms with Crippen LogP contribution in [0.3, 0.4) is 0 Å². The van der Waals surface area contributed by atoms with Gasteiger partial charge < -0.3 is 4.74 Å². The highest BCUT2D eigenvalue weighted by atomic mass is 16.5. The van der Waals surface area contributed by atoms with Gasteiger partial charge in [-0.05, 0) is 12.8 Å². The first kappa shape index (κ1) is 13.7. The summed E-state index contributed by atoms with van der Waals surface area (Å²) in [6, 6.07) is 0.00868. The van der Waals surface area contributed by atoms with Crippen molar-refractivity contribution in [2.24, 2.45) is 7.05 Å². The van der Waals surface area contributed by atoms with Crippen molar-refractivity contribution in [1.82, 2.24) is 19.3 Å². The zero-order valence-electron chi connectivity index (χ0n) is 11.9. The van der Waals surface area contributed by atoms with E-state index in [2.05, 4.69) is 10.1 Å². The minimum atomic E-state index is -0.0522. The Kier molecular flexibility index (Phi) is 3.99. The molecule has 0 unspecified atom stereocenters. The predicted octanol–water partition coefficient (Wildman–Crippen LogP) is 1.29. The van der Waals surface area contributed by atoms with Crippen molar-refractivity contribution in [3.63, 3.8) is 0 Å². The van der Waals surface area contributed by atoms with Crippen LogP contribution in [-0.4, -0.2) is 33.0 Å². The smallest absolute Gasteiger partial charge is 0.279 e. The fourth-order valence-corrected chi connectivity index (χ4v) is 2.32. The summed E-state index contributed by atoms with van der Waals surface area (Å²) in [5.41, 5.74) is 2.08. The Labute approximate surface area is 112 Å². The molecule has 0 bridgehead atoms. The summed E-state index contributed by atoms with van der Waals surface area (Å²) < 4.78 is 8.43. The highest BCUT2D eigenvalue weighted by Gasteiger charge is 2.17. The van der Waals surface area contributed by atoms with Crippen molar-refractivity contribution < 1.29 is 4.74 Å². The van der Waals surface area contributed by atoms with Crippen molar-refractivity contribution in [2.75, 3.05) is 13.7 Å². The predicted molar refractivity (Wildman–Crippen MR) is 73.4 cm³/mol. The quantitative estimate of drug-likeness (QED) is 0.816. The van der Waals surface area contributed by atoms with Crippen molar-refractivity contribution in [2.45, 2.75) is 32.7 Å². The number of hydrogen-bond donors (Lipinski definition) is 0. The Hall–Kier alpha value is -1.69. The Morgan fingerprint density at radius 2 is 2.16 bits per heavy atom. The summed E-state index contributed by atoms with van der Waals surface area (Å²) in [5, 5.41) is 4.35. The van der Waals surface area contributed by atoms with E-state index in [1.807, 2.05) is 13.8 Å². The molecule has 0 aliphatic rings. The Bertz CT molecular complexity index is 629. The first-order valence-corrected chi connectivity index (χ1v) is 6.55. The third kappa shape index (κ3) is 2.28. The molecule has 1 atom stereocenters. The first-order chi connectivity index (χ1) is 9.13. The van der Waals surface area contributed by atoms with Gasteiger partial charge in [-0.1, -0.05) is 13.8 Å². The van der Waals surface area contributed by atoms with Crippen molar-refractivity contribution in [3.05, 3.63) is 22.4 Å². The van der Waals surface area contributed by atoms with Crippen LogP contribution in [0.4, 0.5) is 0 Å². The molecule has 0 radical (unpaired) electrons. The third-order valence-electron chi connectivity index (χ3n) is 3.40. The van der Waals surface area contributed by atoms with Gasteiger partial charge in [-0.2, -0.15) is 5.10 Å². The lowest BCUT2D eigenvalue weighted by Gasteiger charge is -2.16. The van der Waals surface area contributed by atoms with E-state index in [0.29, 0.717) is 17.6 Å². The summed E-state index contributed by atoms with van der Waals surface area (Å²) in [7, 11) is 3.42. The summed E-state index contributed by atoms with van der Waals surface area (Å²) in [6.45, 7) is 4.54. The third-order valence-corrected chi connectivity index (χ3v) is 3.40. The maximum absolute atomic E-state index is 12.6. The van der Waals surface area contributed by atoms with Gasteiger partial charge in [-0.3, -0.25) is 14.0 Å². The standard InChI is InChI=1S/C13H20N4O2/c1-5-9(7-19-4)17-8-14-11-10(6-2)15-16(3)12(11)13(17)18/h8-9H,5-7H2,1-4H3/t9-/m0/s1. The lowest BCUT2D eigenvalue weighted by Crippen LogP contribution is -2.28. The molecule has 0 amide bonds. The number of nitrogens with zero attached hydrogens (tertiary/aromatic N) is 4. The summed E-state index contributed by atoms with van der Waals surface area (Å²) in [6.07, 6.45) is 3.20. The van der Waals surface area contributed by atoms with E-state index in [9.17, 15) is 4.79 Å². The molecule has 19 heavy (non-hydrogen) atoms. The van der Waals surface area contributed by atoms with Crippen LogP contribution < -0.4 is 5.56 Å². The van der Waals surface area contributed by atoms with Gasteiger partial charge in [0.05, 0.1) is 24.7 Å². The van der Waals surface area contributed by atoms with Crippen LogP contribution in [0.25, 0.3) is 11.0 Å². The van der Waals surface area contributed by atoms with Gasteiger partial charge in [0.1, 0.15) is 5.52 Å². The Morgan fingerprint density at radius 1 is 1.42 bits per heavy atom. The van der Waals surface area contributed by atoms with Gasteiger partial charge in [0, 0.05) is 14.2 Å². The van der Waals surface area contributed by atoms with Crippen LogP contribution in [0, 0.1) is 0 Å². The fraction of sp³-hybridized carbons (Fsp3) is 0.615. The molecule has 6 heteroatoms. The molecule has 6 nitrogen and oxygen atoms in total. The summed E-state index contributed by atoms with van der Waals surface area (Å²) >= 11 is 0. The number of fused-ring (bicyclic) bond motifs is 1. The van der Waals surface area contributed by atoms with E-state index >= 15 is 0 Å². The molecule has 2 heterocycles. The molecule has 0 saturated carbocycles. The molecule has 0 aliphatic heterocycles. The second kappa shape index (κ2) is 5.52. The van der Waals surface area contributed by atoms with Crippen LogP contribution in [0.2, 0.25) is 0 Å². The summed E-state index contributed by atoms with van der Waals surface area (Å²) in [4.78, 5) is 17.0. The normalized spacial score (nSPS) is 13.1. The topological polar surface area (TPSA) is 61.9 Å². The van der Waals surface area contributed by atoms with Gasteiger partial charge >= 0.3 is 0 Å². The molecule has 0 aliphatic carbocycles. The Balaban J connectivity index is 2.63. The van der Waals surface area contributed by atoms with Gasteiger partial charge in [0.15, 0.2) is 5.52 Å². The zero-order valence-corrected chi connectivity index (χ0v) is 11.9. The average molecular weight is 264 g/mol. The molecule has 0 N–H and O–H groups in total. The highest BCUT2D eigenvalue weighted by molar-refractivity contribution is 5.76. The van der Waals surface area contributed by atoms with Gasteiger partial charge in [0.2, 0.25) is 0 Å².